The van der Waals surface area contributed by atoms with Gasteiger partial charge in [-0.3, -0.25) is 9.59 Å². The van der Waals surface area contributed by atoms with Crippen LogP contribution in [-0.2, 0) is 6.54 Å². The molecule has 1 aliphatic heterocycles. The number of amides is 1. The summed E-state index contributed by atoms with van der Waals surface area (Å²) in [6.07, 6.45) is 0.911. The fourth-order valence-corrected chi connectivity index (χ4v) is 4.42. The van der Waals surface area contributed by atoms with E-state index >= 15 is 0 Å². The molecule has 0 bridgehead atoms. The second-order valence-electron chi connectivity index (χ2n) is 8.05. The van der Waals surface area contributed by atoms with Crippen LogP contribution in [0.15, 0.2) is 82.0 Å². The Morgan fingerprint density at radius 2 is 1.76 bits per heavy atom. The van der Waals surface area contributed by atoms with Crippen molar-refractivity contribution in [2.45, 2.75) is 25.9 Å². The van der Waals surface area contributed by atoms with Crippen LogP contribution in [0.2, 0.25) is 5.02 Å². The van der Waals surface area contributed by atoms with Crippen LogP contribution in [0, 0.1) is 0 Å². The summed E-state index contributed by atoms with van der Waals surface area (Å²) in [4.78, 5) is 28.8. The molecule has 1 aliphatic rings. The minimum absolute atomic E-state index is 0.0852. The minimum atomic E-state index is -0.576. The maximum absolute atomic E-state index is 13.6. The van der Waals surface area contributed by atoms with Gasteiger partial charge < -0.3 is 14.1 Å². The standard InChI is InChI=1S/C27H22ClNO4/c1-2-14-32-20-11-8-18(9-12-20)24-23-25(30)21-15-19(28)10-13-22(21)33-26(23)27(31)29(24)16-17-6-4-3-5-7-17/h3-13,15,24H,2,14,16H2,1H3. The summed E-state index contributed by atoms with van der Waals surface area (Å²) >= 11 is 6.15. The Morgan fingerprint density at radius 3 is 2.48 bits per heavy atom. The monoisotopic (exact) mass is 459 g/mol. The predicted octanol–water partition coefficient (Wildman–Crippen LogP) is 5.98. The van der Waals surface area contributed by atoms with E-state index in [2.05, 4.69) is 0 Å². The molecule has 0 fully saturated rings. The molecule has 5 nitrogen and oxygen atoms in total. The average Bonchev–Trinajstić information content (AvgIpc) is 3.11. The van der Waals surface area contributed by atoms with E-state index in [1.165, 1.54) is 0 Å². The van der Waals surface area contributed by atoms with E-state index in [0.717, 1.165) is 23.3 Å². The zero-order valence-corrected chi connectivity index (χ0v) is 18.8. The maximum Gasteiger partial charge on any atom is 0.291 e. The molecule has 1 amide bonds. The number of hydrogen-bond donors (Lipinski definition) is 0. The van der Waals surface area contributed by atoms with Gasteiger partial charge >= 0.3 is 0 Å². The fraction of sp³-hybridized carbons (Fsp3) is 0.185. The topological polar surface area (TPSA) is 59.8 Å². The lowest BCUT2D eigenvalue weighted by molar-refractivity contribution is 0.0714. The Hall–Kier alpha value is -3.57. The number of rotatable bonds is 6. The highest BCUT2D eigenvalue weighted by molar-refractivity contribution is 6.31. The van der Waals surface area contributed by atoms with Gasteiger partial charge in [0.05, 0.1) is 23.6 Å². The Kier molecular flexibility index (Phi) is 5.65. The van der Waals surface area contributed by atoms with Crippen molar-refractivity contribution in [1.29, 1.82) is 0 Å². The molecule has 0 N–H and O–H groups in total. The highest BCUT2D eigenvalue weighted by atomic mass is 35.5. The number of benzene rings is 3. The maximum atomic E-state index is 13.6. The summed E-state index contributed by atoms with van der Waals surface area (Å²) in [5.74, 6) is 0.526. The van der Waals surface area contributed by atoms with E-state index in [1.54, 1.807) is 23.1 Å². The van der Waals surface area contributed by atoms with Gasteiger partial charge in [-0.1, -0.05) is 61.0 Å². The van der Waals surface area contributed by atoms with Crippen molar-refractivity contribution in [1.82, 2.24) is 4.90 Å². The van der Waals surface area contributed by atoms with Crippen LogP contribution in [-0.4, -0.2) is 17.4 Å². The van der Waals surface area contributed by atoms with Crippen LogP contribution in [0.4, 0.5) is 0 Å². The smallest absolute Gasteiger partial charge is 0.291 e. The van der Waals surface area contributed by atoms with Gasteiger partial charge in [0.15, 0.2) is 5.43 Å². The fourth-order valence-electron chi connectivity index (χ4n) is 4.25. The van der Waals surface area contributed by atoms with Crippen LogP contribution >= 0.6 is 11.6 Å². The number of hydrogen-bond acceptors (Lipinski definition) is 4. The third kappa shape index (κ3) is 3.89. The van der Waals surface area contributed by atoms with Crippen molar-refractivity contribution >= 4 is 28.5 Å². The van der Waals surface area contributed by atoms with Crippen LogP contribution < -0.4 is 10.2 Å². The van der Waals surface area contributed by atoms with E-state index in [-0.39, 0.29) is 17.1 Å². The van der Waals surface area contributed by atoms with Crippen LogP contribution in [0.1, 0.15) is 46.6 Å². The number of nitrogens with zero attached hydrogens (tertiary/aromatic N) is 1. The minimum Gasteiger partial charge on any atom is -0.494 e. The van der Waals surface area contributed by atoms with Crippen molar-refractivity contribution in [2.24, 2.45) is 0 Å². The van der Waals surface area contributed by atoms with Crippen molar-refractivity contribution < 1.29 is 13.9 Å². The molecule has 6 heteroatoms. The average molecular weight is 460 g/mol. The first-order valence-electron chi connectivity index (χ1n) is 10.9. The first-order chi connectivity index (χ1) is 16.1. The highest BCUT2D eigenvalue weighted by Crippen LogP contribution is 2.39. The second-order valence-corrected chi connectivity index (χ2v) is 8.49. The predicted molar refractivity (Wildman–Crippen MR) is 128 cm³/mol. The van der Waals surface area contributed by atoms with Gasteiger partial charge in [0, 0.05) is 11.6 Å². The number of carbonyl (C=O) groups is 1. The molecule has 2 heterocycles. The zero-order valence-electron chi connectivity index (χ0n) is 18.1. The molecular formula is C27H22ClNO4. The summed E-state index contributed by atoms with van der Waals surface area (Å²) in [5.41, 5.74) is 2.23. The third-order valence-electron chi connectivity index (χ3n) is 5.79. The van der Waals surface area contributed by atoms with Crippen LogP contribution in [0.3, 0.4) is 0 Å². The Bertz CT molecular complexity index is 1380. The molecule has 166 valence electrons. The molecule has 33 heavy (non-hydrogen) atoms. The van der Waals surface area contributed by atoms with Crippen LogP contribution in [0.25, 0.3) is 11.0 Å². The van der Waals surface area contributed by atoms with Crippen molar-refractivity contribution in [3.8, 4) is 5.75 Å². The van der Waals surface area contributed by atoms with Crippen molar-refractivity contribution in [2.75, 3.05) is 6.61 Å². The summed E-state index contributed by atoms with van der Waals surface area (Å²) in [7, 11) is 0. The highest BCUT2D eigenvalue weighted by Gasteiger charge is 2.42. The molecule has 1 aromatic heterocycles. The quantitative estimate of drug-likeness (QED) is 0.356. The van der Waals surface area contributed by atoms with Crippen molar-refractivity contribution in [3.63, 3.8) is 0 Å². The number of halogens is 1. The summed E-state index contributed by atoms with van der Waals surface area (Å²) < 4.78 is 11.7. The molecule has 4 aromatic rings. The Balaban J connectivity index is 1.66. The lowest BCUT2D eigenvalue weighted by atomic mass is 9.98. The first-order valence-corrected chi connectivity index (χ1v) is 11.3. The normalized spacial score (nSPS) is 15.2. The second kappa shape index (κ2) is 8.75. The molecule has 1 unspecified atom stereocenters. The largest absolute Gasteiger partial charge is 0.494 e. The molecule has 0 spiro atoms. The van der Waals surface area contributed by atoms with Gasteiger partial charge in [-0.25, -0.2) is 0 Å². The van der Waals surface area contributed by atoms with Gasteiger partial charge in [-0.2, -0.15) is 0 Å². The first kappa shape index (κ1) is 21.3. The van der Waals surface area contributed by atoms with E-state index in [0.29, 0.717) is 34.7 Å². The lowest BCUT2D eigenvalue weighted by Crippen LogP contribution is -2.29. The van der Waals surface area contributed by atoms with Crippen LogP contribution in [0.5, 0.6) is 5.75 Å². The Morgan fingerprint density at radius 1 is 1.00 bits per heavy atom. The molecule has 0 saturated carbocycles. The number of ether oxygens (including phenoxy) is 1. The summed E-state index contributed by atoms with van der Waals surface area (Å²) in [5, 5.41) is 0.803. The molecule has 5 rings (SSSR count). The molecule has 1 atom stereocenters. The van der Waals surface area contributed by atoms with E-state index in [9.17, 15) is 9.59 Å². The number of fused-ring (bicyclic) bond motifs is 2. The van der Waals surface area contributed by atoms with E-state index in [4.69, 9.17) is 20.8 Å². The van der Waals surface area contributed by atoms with Gasteiger partial charge in [-0.05, 0) is 47.9 Å². The van der Waals surface area contributed by atoms with Gasteiger partial charge in [0.2, 0.25) is 5.76 Å². The molecule has 0 aliphatic carbocycles. The SMILES string of the molecule is CCCOc1ccc(C2c3c(oc4ccc(Cl)cc4c3=O)C(=O)N2Cc2ccccc2)cc1. The van der Waals surface area contributed by atoms with E-state index in [1.807, 2.05) is 61.5 Å². The van der Waals surface area contributed by atoms with Crippen molar-refractivity contribution in [3.05, 3.63) is 110 Å². The summed E-state index contributed by atoms with van der Waals surface area (Å²) in [6.45, 7) is 3.02. The van der Waals surface area contributed by atoms with E-state index < -0.39 is 6.04 Å². The molecule has 0 radical (unpaired) electrons. The van der Waals surface area contributed by atoms with Gasteiger partial charge in [0.25, 0.3) is 5.91 Å². The van der Waals surface area contributed by atoms with Gasteiger partial charge in [0.1, 0.15) is 11.3 Å². The lowest BCUT2D eigenvalue weighted by Gasteiger charge is -2.25. The zero-order chi connectivity index (χ0) is 22.9. The van der Waals surface area contributed by atoms with Gasteiger partial charge in [-0.15, -0.1) is 0 Å². The molecular weight excluding hydrogens is 438 g/mol. The molecule has 0 saturated heterocycles. The number of carbonyl (C=O) groups excluding carboxylic acids is 1. The third-order valence-corrected chi connectivity index (χ3v) is 6.03. The molecule has 3 aromatic carbocycles. The summed E-state index contributed by atoms with van der Waals surface area (Å²) in [6, 6.07) is 21.5. The Labute approximate surface area is 196 Å².